The highest BCUT2D eigenvalue weighted by Crippen LogP contribution is 2.32. The van der Waals surface area contributed by atoms with Crippen molar-refractivity contribution in [2.24, 2.45) is 0 Å². The van der Waals surface area contributed by atoms with Crippen LogP contribution in [0.4, 0.5) is 0 Å². The number of ether oxygens (including phenoxy) is 1. The molecule has 28 heavy (non-hydrogen) atoms. The summed E-state index contributed by atoms with van der Waals surface area (Å²) in [6, 6.07) is 16.6. The number of fused-ring (bicyclic) bond motifs is 2. The maximum absolute atomic E-state index is 12.5. The molecule has 5 heteroatoms. The van der Waals surface area contributed by atoms with Gasteiger partial charge in [0.05, 0.1) is 5.02 Å². The quantitative estimate of drug-likeness (QED) is 0.341. The summed E-state index contributed by atoms with van der Waals surface area (Å²) < 4.78 is 11.0. The van der Waals surface area contributed by atoms with Gasteiger partial charge in [0.15, 0.2) is 12.4 Å². The molecule has 0 radical (unpaired) electrons. The van der Waals surface area contributed by atoms with Crippen molar-refractivity contribution in [1.29, 1.82) is 0 Å². The van der Waals surface area contributed by atoms with Crippen LogP contribution in [0.5, 0.6) is 5.75 Å². The van der Waals surface area contributed by atoms with Crippen molar-refractivity contribution in [3.8, 4) is 5.75 Å². The van der Waals surface area contributed by atoms with Crippen LogP contribution in [0.1, 0.15) is 21.5 Å². The number of carbonyl (C=O) groups is 1. The second kappa shape index (κ2) is 7.13. The first-order valence-electron chi connectivity index (χ1n) is 8.82. The molecule has 0 aliphatic carbocycles. The molecule has 0 saturated carbocycles. The van der Waals surface area contributed by atoms with Gasteiger partial charge in [0, 0.05) is 22.6 Å². The molecule has 3 aromatic carbocycles. The second-order valence-corrected chi connectivity index (χ2v) is 7.10. The summed E-state index contributed by atoms with van der Waals surface area (Å²) in [5.41, 5.74) is 1.90. The van der Waals surface area contributed by atoms with Crippen LogP contribution in [0.3, 0.4) is 0 Å². The van der Waals surface area contributed by atoms with Crippen molar-refractivity contribution >= 4 is 39.1 Å². The summed E-state index contributed by atoms with van der Waals surface area (Å²) in [5.74, 6) is 0.137. The third-order valence-electron chi connectivity index (χ3n) is 4.94. The fourth-order valence-corrected chi connectivity index (χ4v) is 3.36. The van der Waals surface area contributed by atoms with E-state index in [1.807, 2.05) is 43.3 Å². The van der Waals surface area contributed by atoms with Crippen LogP contribution in [-0.2, 0) is 0 Å². The topological polar surface area (TPSA) is 56.5 Å². The molecule has 0 fully saturated rings. The van der Waals surface area contributed by atoms with E-state index in [2.05, 4.69) is 0 Å². The summed E-state index contributed by atoms with van der Waals surface area (Å²) in [6.45, 7) is 3.38. The molecule has 1 heterocycles. The third-order valence-corrected chi connectivity index (χ3v) is 5.24. The largest absolute Gasteiger partial charge is 0.484 e. The number of carbonyl (C=O) groups excluding carboxylic acids is 1. The fraction of sp³-hybridized carbons (Fsp3) is 0.130. The van der Waals surface area contributed by atoms with Gasteiger partial charge < -0.3 is 9.15 Å². The first-order chi connectivity index (χ1) is 13.4. The highest BCUT2D eigenvalue weighted by atomic mass is 35.5. The molecule has 0 aliphatic rings. The SMILES string of the molecule is Cc1c(C)c2cc(Cl)c(OCC(=O)c3ccc4ccccc4c3)cc2oc1=O. The first kappa shape index (κ1) is 18.3. The molecule has 0 bridgehead atoms. The predicted molar refractivity (Wildman–Crippen MR) is 111 cm³/mol. The van der Waals surface area contributed by atoms with Gasteiger partial charge in [-0.3, -0.25) is 4.79 Å². The zero-order chi connectivity index (χ0) is 19.8. The Balaban J connectivity index is 1.60. The Labute approximate surface area is 166 Å². The molecule has 1 aromatic heterocycles. The molecule has 140 valence electrons. The molecule has 0 amide bonds. The maximum Gasteiger partial charge on any atom is 0.339 e. The normalized spacial score (nSPS) is 11.1. The predicted octanol–water partition coefficient (Wildman–Crippen LogP) is 5.48. The van der Waals surface area contributed by atoms with E-state index in [1.54, 1.807) is 25.1 Å². The van der Waals surface area contributed by atoms with E-state index in [9.17, 15) is 9.59 Å². The average molecular weight is 393 g/mol. The standard InChI is InChI=1S/C23H17ClO4/c1-13-14(2)23(26)28-21-11-22(19(24)10-18(13)21)27-12-20(25)17-8-7-15-5-3-4-6-16(15)9-17/h3-11H,12H2,1-2H3. The van der Waals surface area contributed by atoms with Crippen LogP contribution in [0.25, 0.3) is 21.7 Å². The van der Waals surface area contributed by atoms with Gasteiger partial charge in [0.2, 0.25) is 0 Å². The lowest BCUT2D eigenvalue weighted by molar-refractivity contribution is 0.0922. The van der Waals surface area contributed by atoms with Gasteiger partial charge in [-0.2, -0.15) is 0 Å². The number of rotatable bonds is 4. The Bertz CT molecular complexity index is 1290. The van der Waals surface area contributed by atoms with Gasteiger partial charge >= 0.3 is 5.63 Å². The Morgan fingerprint density at radius 2 is 1.75 bits per heavy atom. The molecule has 0 spiro atoms. The molecular formula is C23H17ClO4. The Morgan fingerprint density at radius 1 is 1.00 bits per heavy atom. The second-order valence-electron chi connectivity index (χ2n) is 6.69. The molecule has 4 rings (SSSR count). The van der Waals surface area contributed by atoms with E-state index in [0.717, 1.165) is 21.7 Å². The molecule has 0 saturated heterocycles. The third kappa shape index (κ3) is 3.27. The summed E-state index contributed by atoms with van der Waals surface area (Å²) >= 11 is 6.32. The number of halogens is 1. The number of ketones is 1. The van der Waals surface area contributed by atoms with Crippen LogP contribution in [0.15, 0.2) is 63.8 Å². The highest BCUT2D eigenvalue weighted by molar-refractivity contribution is 6.32. The fourth-order valence-electron chi connectivity index (χ4n) is 3.14. The Morgan fingerprint density at radius 3 is 2.54 bits per heavy atom. The van der Waals surface area contributed by atoms with Gasteiger partial charge in [0.1, 0.15) is 11.3 Å². The molecule has 0 atom stereocenters. The summed E-state index contributed by atoms with van der Waals surface area (Å²) in [4.78, 5) is 24.5. The van der Waals surface area contributed by atoms with Crippen molar-refractivity contribution in [1.82, 2.24) is 0 Å². The first-order valence-corrected chi connectivity index (χ1v) is 9.20. The highest BCUT2D eigenvalue weighted by Gasteiger charge is 2.14. The molecular weight excluding hydrogens is 376 g/mol. The summed E-state index contributed by atoms with van der Waals surface area (Å²) in [7, 11) is 0. The van der Waals surface area contributed by atoms with Crippen LogP contribution >= 0.6 is 11.6 Å². The van der Waals surface area contributed by atoms with Crippen molar-refractivity contribution in [2.45, 2.75) is 13.8 Å². The lowest BCUT2D eigenvalue weighted by Gasteiger charge is -2.10. The van der Waals surface area contributed by atoms with Gasteiger partial charge in [-0.1, -0.05) is 48.0 Å². The Kier molecular flexibility index (Phi) is 4.65. The van der Waals surface area contributed by atoms with E-state index in [4.69, 9.17) is 20.8 Å². The zero-order valence-electron chi connectivity index (χ0n) is 15.4. The lowest BCUT2D eigenvalue weighted by atomic mass is 10.0. The number of Topliss-reactive ketones (excluding diaryl/α,β-unsaturated/α-hetero) is 1. The average Bonchev–Trinajstić information content (AvgIpc) is 2.71. The van der Waals surface area contributed by atoms with Crippen molar-refractivity contribution in [3.63, 3.8) is 0 Å². The molecule has 0 unspecified atom stereocenters. The van der Waals surface area contributed by atoms with Crippen LogP contribution in [0, 0.1) is 13.8 Å². The summed E-state index contributed by atoms with van der Waals surface area (Å²) in [6.07, 6.45) is 0. The van der Waals surface area contributed by atoms with Gasteiger partial charge in [-0.05, 0) is 42.3 Å². The van der Waals surface area contributed by atoms with E-state index in [1.165, 1.54) is 0 Å². The van der Waals surface area contributed by atoms with E-state index < -0.39 is 5.63 Å². The number of hydrogen-bond donors (Lipinski definition) is 0. The van der Waals surface area contributed by atoms with Crippen molar-refractivity contribution in [2.75, 3.05) is 6.61 Å². The number of aryl methyl sites for hydroxylation is 1. The van der Waals surface area contributed by atoms with Crippen LogP contribution in [-0.4, -0.2) is 12.4 Å². The van der Waals surface area contributed by atoms with Gasteiger partial charge in [-0.15, -0.1) is 0 Å². The minimum absolute atomic E-state index is 0.163. The summed E-state index contributed by atoms with van der Waals surface area (Å²) in [5, 5.41) is 3.16. The minimum atomic E-state index is -0.398. The van der Waals surface area contributed by atoms with E-state index >= 15 is 0 Å². The van der Waals surface area contributed by atoms with Crippen molar-refractivity contribution < 1.29 is 13.9 Å². The smallest absolute Gasteiger partial charge is 0.339 e. The van der Waals surface area contributed by atoms with E-state index in [-0.39, 0.29) is 12.4 Å². The van der Waals surface area contributed by atoms with Gasteiger partial charge in [0.25, 0.3) is 0 Å². The van der Waals surface area contributed by atoms with Crippen molar-refractivity contribution in [3.05, 3.63) is 86.7 Å². The zero-order valence-corrected chi connectivity index (χ0v) is 16.2. The van der Waals surface area contributed by atoms with Crippen LogP contribution in [0.2, 0.25) is 5.02 Å². The molecule has 0 aliphatic heterocycles. The number of hydrogen-bond acceptors (Lipinski definition) is 4. The van der Waals surface area contributed by atoms with Gasteiger partial charge in [-0.25, -0.2) is 4.79 Å². The lowest BCUT2D eigenvalue weighted by Crippen LogP contribution is -2.12. The monoisotopic (exact) mass is 392 g/mol. The van der Waals surface area contributed by atoms with E-state index in [0.29, 0.717) is 27.5 Å². The molecule has 4 nitrogen and oxygen atoms in total. The number of benzene rings is 3. The minimum Gasteiger partial charge on any atom is -0.484 e. The molecule has 4 aromatic rings. The Hall–Kier alpha value is -3.11. The maximum atomic E-state index is 12.5. The molecule has 0 N–H and O–H groups in total. The van der Waals surface area contributed by atoms with Crippen LogP contribution < -0.4 is 10.4 Å².